The lowest BCUT2D eigenvalue weighted by Crippen LogP contribution is -2.17. The molecule has 4 rings (SSSR count). The number of likely N-dealkylation sites (N-methyl/N-ethyl adjacent to an activating group) is 1. The molecule has 1 aliphatic heterocycles. The second kappa shape index (κ2) is 5.19. The van der Waals surface area contributed by atoms with Crippen LogP contribution in [-0.2, 0) is 16.4 Å². The lowest BCUT2D eigenvalue weighted by molar-refractivity contribution is 0.414. The van der Waals surface area contributed by atoms with Gasteiger partial charge in [-0.25, -0.2) is 12.4 Å². The van der Waals surface area contributed by atoms with E-state index in [2.05, 4.69) is 4.90 Å². The maximum absolute atomic E-state index is 13.1. The monoisotopic (exact) mass is 340 g/mol. The highest BCUT2D eigenvalue weighted by molar-refractivity contribution is 7.90. The molecule has 5 heteroatoms. The molecule has 2 aromatic carbocycles. The van der Waals surface area contributed by atoms with Crippen molar-refractivity contribution in [3.8, 4) is 11.1 Å². The zero-order valence-corrected chi connectivity index (χ0v) is 14.9. The van der Waals surface area contributed by atoms with E-state index in [1.165, 1.54) is 3.97 Å². The third-order valence-corrected chi connectivity index (χ3v) is 6.38. The van der Waals surface area contributed by atoms with Gasteiger partial charge in [0.2, 0.25) is 0 Å². The Kier molecular flexibility index (Phi) is 3.34. The highest BCUT2D eigenvalue weighted by Gasteiger charge is 2.31. The summed E-state index contributed by atoms with van der Waals surface area (Å²) in [4.78, 5) is 2.50. The van der Waals surface area contributed by atoms with Crippen molar-refractivity contribution in [3.05, 3.63) is 53.7 Å². The van der Waals surface area contributed by atoms with Crippen LogP contribution in [0.4, 0.5) is 0 Å². The van der Waals surface area contributed by atoms with Crippen molar-refractivity contribution in [2.24, 2.45) is 0 Å². The fraction of sp³-hybridized carbons (Fsp3) is 0.263. The molecule has 0 saturated heterocycles. The number of nitrogens with zero attached hydrogens (tertiary/aromatic N) is 2. The second-order valence-electron chi connectivity index (χ2n) is 6.71. The largest absolute Gasteiger partial charge is 0.309 e. The Hall–Kier alpha value is -2.11. The predicted octanol–water partition coefficient (Wildman–Crippen LogP) is 3.27. The summed E-state index contributed by atoms with van der Waals surface area (Å²) in [5.41, 5.74) is 4.76. The Labute approximate surface area is 142 Å². The normalized spacial score (nSPS) is 15.0. The Morgan fingerprint density at radius 3 is 2.62 bits per heavy atom. The first kappa shape index (κ1) is 15.4. The van der Waals surface area contributed by atoms with Crippen LogP contribution < -0.4 is 0 Å². The molecule has 0 radical (unpaired) electrons. The van der Waals surface area contributed by atoms with Crippen molar-refractivity contribution >= 4 is 20.9 Å². The first-order valence-corrected chi connectivity index (χ1v) is 9.48. The van der Waals surface area contributed by atoms with Gasteiger partial charge in [-0.1, -0.05) is 29.8 Å². The van der Waals surface area contributed by atoms with Crippen LogP contribution in [0.25, 0.3) is 22.0 Å². The molecular formula is C19H20N2O2S. The zero-order valence-electron chi connectivity index (χ0n) is 14.1. The van der Waals surface area contributed by atoms with Crippen molar-refractivity contribution in [1.82, 2.24) is 8.87 Å². The molecule has 1 aliphatic rings. The van der Waals surface area contributed by atoms with Gasteiger partial charge in [-0.3, -0.25) is 0 Å². The van der Waals surface area contributed by atoms with Crippen LogP contribution in [0.5, 0.6) is 0 Å². The Balaban J connectivity index is 2.05. The Bertz CT molecular complexity index is 1060. The molecule has 0 N–H and O–H groups in total. The second-order valence-corrected chi connectivity index (χ2v) is 8.49. The third kappa shape index (κ3) is 2.12. The molecule has 2 heterocycles. The van der Waals surface area contributed by atoms with Crippen LogP contribution in [0.1, 0.15) is 11.1 Å². The molecule has 0 atom stereocenters. The molecule has 0 spiro atoms. The average molecular weight is 340 g/mol. The molecule has 0 aliphatic carbocycles. The van der Waals surface area contributed by atoms with E-state index in [-0.39, 0.29) is 0 Å². The van der Waals surface area contributed by atoms with Crippen LogP contribution in [0.15, 0.2) is 47.5 Å². The molecule has 1 aromatic heterocycles. The van der Waals surface area contributed by atoms with E-state index in [4.69, 9.17) is 0 Å². The van der Waals surface area contributed by atoms with Gasteiger partial charge in [-0.05, 0) is 45.1 Å². The number of aromatic nitrogens is 1. The number of para-hydroxylation sites is 1. The summed E-state index contributed by atoms with van der Waals surface area (Å²) < 4.78 is 27.7. The minimum atomic E-state index is -3.54. The van der Waals surface area contributed by atoms with E-state index in [0.717, 1.165) is 46.1 Å². The molecule has 3 aromatic rings. The molecule has 0 amide bonds. The average Bonchev–Trinajstić information content (AvgIpc) is 2.91. The SMILES string of the molecule is Cc1ccc2c(c1)-c1cccc3c(CCN(C)C)cn(c13)S2(=O)=O. The third-order valence-electron chi connectivity index (χ3n) is 4.67. The molecular weight excluding hydrogens is 320 g/mol. The molecule has 0 fully saturated rings. The molecule has 0 saturated carbocycles. The zero-order chi connectivity index (χ0) is 17.1. The summed E-state index contributed by atoms with van der Waals surface area (Å²) in [5.74, 6) is 0. The molecule has 124 valence electrons. The number of hydrogen-bond acceptors (Lipinski definition) is 3. The summed E-state index contributed by atoms with van der Waals surface area (Å²) in [5, 5.41) is 1.03. The number of aryl methyl sites for hydroxylation is 1. The van der Waals surface area contributed by atoms with Gasteiger partial charge < -0.3 is 4.90 Å². The van der Waals surface area contributed by atoms with Gasteiger partial charge in [0.25, 0.3) is 10.0 Å². The van der Waals surface area contributed by atoms with Gasteiger partial charge in [0.05, 0.1) is 10.4 Å². The number of rotatable bonds is 3. The minimum absolute atomic E-state index is 0.392. The van der Waals surface area contributed by atoms with Crippen LogP contribution in [0.2, 0.25) is 0 Å². The van der Waals surface area contributed by atoms with Gasteiger partial charge >= 0.3 is 0 Å². The maximum atomic E-state index is 13.1. The van der Waals surface area contributed by atoms with Crippen molar-refractivity contribution in [2.75, 3.05) is 20.6 Å². The summed E-state index contributed by atoms with van der Waals surface area (Å²) in [6, 6.07) is 11.6. The topological polar surface area (TPSA) is 42.3 Å². The van der Waals surface area contributed by atoms with Crippen molar-refractivity contribution in [1.29, 1.82) is 0 Å². The standard InChI is InChI=1S/C19H20N2O2S/c1-13-7-8-18-17(11-13)16-6-4-5-15-14(9-10-20(2)3)12-21(19(15)16)24(18,22)23/h4-8,11-12H,9-10H2,1-3H3. The van der Waals surface area contributed by atoms with Crippen molar-refractivity contribution in [2.45, 2.75) is 18.2 Å². The molecule has 4 nitrogen and oxygen atoms in total. The van der Waals surface area contributed by atoms with E-state index in [0.29, 0.717) is 4.90 Å². The van der Waals surface area contributed by atoms with E-state index in [1.54, 1.807) is 12.3 Å². The van der Waals surface area contributed by atoms with Gasteiger partial charge in [0.15, 0.2) is 0 Å². The van der Waals surface area contributed by atoms with Crippen LogP contribution >= 0.6 is 0 Å². The van der Waals surface area contributed by atoms with E-state index in [9.17, 15) is 8.42 Å². The first-order valence-electron chi connectivity index (χ1n) is 8.04. The van der Waals surface area contributed by atoms with Crippen molar-refractivity contribution < 1.29 is 8.42 Å². The minimum Gasteiger partial charge on any atom is -0.309 e. The highest BCUT2D eigenvalue weighted by atomic mass is 32.2. The molecule has 24 heavy (non-hydrogen) atoms. The number of fused-ring (bicyclic) bond motifs is 2. The summed E-state index contributed by atoms with van der Waals surface area (Å²) >= 11 is 0. The Morgan fingerprint density at radius 1 is 1.08 bits per heavy atom. The lowest BCUT2D eigenvalue weighted by atomic mass is 9.99. The van der Waals surface area contributed by atoms with Crippen molar-refractivity contribution in [3.63, 3.8) is 0 Å². The first-order chi connectivity index (χ1) is 11.4. The quantitative estimate of drug-likeness (QED) is 0.575. The number of benzene rings is 2. The van der Waals surface area contributed by atoms with E-state index in [1.807, 2.05) is 51.4 Å². The molecule has 0 bridgehead atoms. The highest BCUT2D eigenvalue weighted by Crippen LogP contribution is 2.42. The van der Waals surface area contributed by atoms with E-state index >= 15 is 0 Å². The summed E-state index contributed by atoms with van der Waals surface area (Å²) in [6.07, 6.45) is 2.63. The van der Waals surface area contributed by atoms with Crippen LogP contribution in [0, 0.1) is 6.92 Å². The predicted molar refractivity (Wildman–Crippen MR) is 97.0 cm³/mol. The smallest absolute Gasteiger partial charge is 0.268 e. The summed E-state index contributed by atoms with van der Waals surface area (Å²) in [6.45, 7) is 2.87. The number of hydrogen-bond donors (Lipinski definition) is 0. The Morgan fingerprint density at radius 2 is 1.88 bits per heavy atom. The van der Waals surface area contributed by atoms with Crippen LogP contribution in [0.3, 0.4) is 0 Å². The molecule has 0 unspecified atom stereocenters. The lowest BCUT2D eigenvalue weighted by Gasteiger charge is -2.20. The van der Waals surface area contributed by atoms with Gasteiger partial charge in [0, 0.05) is 29.3 Å². The fourth-order valence-corrected chi connectivity index (χ4v) is 5.05. The van der Waals surface area contributed by atoms with Gasteiger partial charge in [0.1, 0.15) is 0 Å². The van der Waals surface area contributed by atoms with Gasteiger partial charge in [-0.15, -0.1) is 0 Å². The maximum Gasteiger partial charge on any atom is 0.268 e. The van der Waals surface area contributed by atoms with Crippen LogP contribution in [-0.4, -0.2) is 37.9 Å². The fourth-order valence-electron chi connectivity index (χ4n) is 3.45. The van der Waals surface area contributed by atoms with Gasteiger partial charge in [-0.2, -0.15) is 0 Å². The van der Waals surface area contributed by atoms with E-state index < -0.39 is 10.0 Å². The summed E-state index contributed by atoms with van der Waals surface area (Å²) in [7, 11) is 0.513.